The van der Waals surface area contributed by atoms with Crippen LogP contribution in [0.4, 0.5) is 8.78 Å². The number of amides is 1. The first-order valence-corrected chi connectivity index (χ1v) is 7.62. The summed E-state index contributed by atoms with van der Waals surface area (Å²) in [7, 11) is 1.93. The highest BCUT2D eigenvalue weighted by atomic mass is 19.1. The van der Waals surface area contributed by atoms with Crippen LogP contribution in [-0.2, 0) is 4.79 Å². The van der Waals surface area contributed by atoms with Crippen LogP contribution in [0, 0.1) is 11.6 Å². The average Bonchev–Trinajstić information content (AvgIpc) is 2.47. The lowest BCUT2D eigenvalue weighted by Crippen LogP contribution is -2.45. The summed E-state index contributed by atoms with van der Waals surface area (Å²) >= 11 is 0. The van der Waals surface area contributed by atoms with Gasteiger partial charge in [-0.2, -0.15) is 0 Å². The minimum atomic E-state index is -0.636. The summed E-state index contributed by atoms with van der Waals surface area (Å²) in [5.41, 5.74) is 0.426. The first-order valence-electron chi connectivity index (χ1n) is 7.62. The molecule has 1 aromatic rings. The standard InChI is InChI=1S/C16H23F2N3O/c1-11(12-7-13(17)9-14(18)8-12)20-16(22)10-21(2)15-3-5-19-6-4-15/h7-9,11,15,19H,3-6,10H2,1-2H3,(H,20,22). The van der Waals surface area contributed by atoms with E-state index in [9.17, 15) is 13.6 Å². The normalized spacial score (nSPS) is 17.5. The van der Waals surface area contributed by atoms with Crippen molar-refractivity contribution in [3.63, 3.8) is 0 Å². The van der Waals surface area contributed by atoms with Gasteiger partial charge in [0, 0.05) is 12.1 Å². The lowest BCUT2D eigenvalue weighted by Gasteiger charge is -2.31. The molecular formula is C16H23F2N3O. The molecule has 1 aromatic carbocycles. The minimum Gasteiger partial charge on any atom is -0.348 e. The van der Waals surface area contributed by atoms with E-state index >= 15 is 0 Å². The zero-order valence-electron chi connectivity index (χ0n) is 13.0. The highest BCUT2D eigenvalue weighted by Gasteiger charge is 2.20. The Labute approximate surface area is 129 Å². The number of benzene rings is 1. The molecule has 0 aliphatic carbocycles. The van der Waals surface area contributed by atoms with Gasteiger partial charge in [-0.05, 0) is 57.6 Å². The molecule has 0 bridgehead atoms. The molecule has 1 saturated heterocycles. The van der Waals surface area contributed by atoms with Crippen molar-refractivity contribution in [2.24, 2.45) is 0 Å². The van der Waals surface area contributed by atoms with Crippen LogP contribution >= 0.6 is 0 Å². The average molecular weight is 311 g/mol. The van der Waals surface area contributed by atoms with E-state index in [2.05, 4.69) is 10.6 Å². The molecule has 22 heavy (non-hydrogen) atoms. The van der Waals surface area contributed by atoms with Crippen LogP contribution in [0.25, 0.3) is 0 Å². The predicted octanol–water partition coefficient (Wildman–Crippen LogP) is 1.83. The van der Waals surface area contributed by atoms with E-state index in [-0.39, 0.29) is 12.5 Å². The number of piperidine rings is 1. The van der Waals surface area contributed by atoms with E-state index in [4.69, 9.17) is 0 Å². The van der Waals surface area contributed by atoms with Gasteiger partial charge < -0.3 is 10.6 Å². The Balaban J connectivity index is 1.87. The van der Waals surface area contributed by atoms with Crippen molar-refractivity contribution in [1.82, 2.24) is 15.5 Å². The van der Waals surface area contributed by atoms with Gasteiger partial charge in [0.25, 0.3) is 0 Å². The minimum absolute atomic E-state index is 0.141. The van der Waals surface area contributed by atoms with E-state index in [1.54, 1.807) is 6.92 Å². The smallest absolute Gasteiger partial charge is 0.234 e. The van der Waals surface area contributed by atoms with Crippen molar-refractivity contribution < 1.29 is 13.6 Å². The first-order chi connectivity index (χ1) is 10.5. The number of carbonyl (C=O) groups excluding carboxylic acids is 1. The third-order valence-corrected chi connectivity index (χ3v) is 4.09. The fourth-order valence-corrected chi connectivity index (χ4v) is 2.80. The molecule has 0 spiro atoms. The van der Waals surface area contributed by atoms with E-state index in [1.807, 2.05) is 11.9 Å². The van der Waals surface area contributed by atoms with E-state index in [0.717, 1.165) is 32.0 Å². The van der Waals surface area contributed by atoms with Crippen molar-refractivity contribution in [3.8, 4) is 0 Å². The Morgan fingerprint density at radius 2 is 1.91 bits per heavy atom. The topological polar surface area (TPSA) is 44.4 Å². The molecule has 0 radical (unpaired) electrons. The molecule has 4 nitrogen and oxygen atoms in total. The molecule has 1 fully saturated rings. The van der Waals surface area contributed by atoms with Gasteiger partial charge >= 0.3 is 0 Å². The van der Waals surface area contributed by atoms with Crippen molar-refractivity contribution in [3.05, 3.63) is 35.4 Å². The van der Waals surface area contributed by atoms with Gasteiger partial charge in [-0.15, -0.1) is 0 Å². The maximum atomic E-state index is 13.2. The molecule has 6 heteroatoms. The quantitative estimate of drug-likeness (QED) is 0.872. The van der Waals surface area contributed by atoms with E-state index < -0.39 is 17.7 Å². The fourth-order valence-electron chi connectivity index (χ4n) is 2.80. The van der Waals surface area contributed by atoms with Gasteiger partial charge in [-0.1, -0.05) is 0 Å². The number of likely N-dealkylation sites (N-methyl/N-ethyl adjacent to an activating group) is 1. The molecule has 2 N–H and O–H groups in total. The monoisotopic (exact) mass is 311 g/mol. The molecule has 0 aromatic heterocycles. The number of rotatable bonds is 5. The third kappa shape index (κ3) is 4.74. The van der Waals surface area contributed by atoms with E-state index in [1.165, 1.54) is 12.1 Å². The van der Waals surface area contributed by atoms with E-state index in [0.29, 0.717) is 11.6 Å². The number of nitrogens with zero attached hydrogens (tertiary/aromatic N) is 1. The second-order valence-corrected chi connectivity index (χ2v) is 5.89. The van der Waals surface area contributed by atoms with Crippen molar-refractivity contribution in [2.45, 2.75) is 31.8 Å². The van der Waals surface area contributed by atoms with Crippen molar-refractivity contribution >= 4 is 5.91 Å². The summed E-state index contributed by atoms with van der Waals surface area (Å²) in [5.74, 6) is -1.41. The van der Waals surface area contributed by atoms with Crippen LogP contribution in [0.3, 0.4) is 0 Å². The van der Waals surface area contributed by atoms with Gasteiger partial charge in [0.05, 0.1) is 12.6 Å². The Morgan fingerprint density at radius 1 is 1.32 bits per heavy atom. The Bertz CT molecular complexity index is 498. The molecule has 0 saturated carbocycles. The molecule has 1 unspecified atom stereocenters. The number of hydrogen-bond donors (Lipinski definition) is 2. The third-order valence-electron chi connectivity index (χ3n) is 4.09. The maximum absolute atomic E-state index is 13.2. The second kappa shape index (κ2) is 7.65. The van der Waals surface area contributed by atoms with Crippen LogP contribution in [-0.4, -0.2) is 43.5 Å². The Hall–Kier alpha value is -1.53. The summed E-state index contributed by atoms with van der Waals surface area (Å²) < 4.78 is 26.4. The van der Waals surface area contributed by atoms with Crippen LogP contribution in [0.2, 0.25) is 0 Å². The lowest BCUT2D eigenvalue weighted by molar-refractivity contribution is -0.123. The number of carbonyl (C=O) groups is 1. The molecule has 1 amide bonds. The Kier molecular flexibility index (Phi) is 5.85. The summed E-state index contributed by atoms with van der Waals surface area (Å²) in [6, 6.07) is 3.27. The van der Waals surface area contributed by atoms with Crippen LogP contribution in [0.1, 0.15) is 31.4 Å². The van der Waals surface area contributed by atoms with Gasteiger partial charge in [0.2, 0.25) is 5.91 Å². The fraction of sp³-hybridized carbons (Fsp3) is 0.562. The lowest BCUT2D eigenvalue weighted by atomic mass is 10.1. The molecule has 1 aliphatic rings. The number of hydrogen-bond acceptors (Lipinski definition) is 3. The molecule has 1 heterocycles. The summed E-state index contributed by atoms with van der Waals surface area (Å²) in [5, 5.41) is 6.08. The second-order valence-electron chi connectivity index (χ2n) is 5.89. The first kappa shape index (κ1) is 16.8. The summed E-state index contributed by atoms with van der Waals surface area (Å²) in [6.07, 6.45) is 2.04. The van der Waals surface area contributed by atoms with Crippen LogP contribution in [0.15, 0.2) is 18.2 Å². The van der Waals surface area contributed by atoms with Gasteiger partial charge in [0.1, 0.15) is 11.6 Å². The molecular weight excluding hydrogens is 288 g/mol. The molecule has 1 atom stereocenters. The largest absolute Gasteiger partial charge is 0.348 e. The summed E-state index contributed by atoms with van der Waals surface area (Å²) in [6.45, 7) is 3.94. The Morgan fingerprint density at radius 3 is 2.50 bits per heavy atom. The zero-order valence-corrected chi connectivity index (χ0v) is 13.0. The molecule has 1 aliphatic heterocycles. The number of halogens is 2. The van der Waals surface area contributed by atoms with Gasteiger partial charge in [-0.3, -0.25) is 9.69 Å². The van der Waals surface area contributed by atoms with Gasteiger partial charge in [-0.25, -0.2) is 8.78 Å². The maximum Gasteiger partial charge on any atom is 0.234 e. The highest BCUT2D eigenvalue weighted by Crippen LogP contribution is 2.16. The van der Waals surface area contributed by atoms with Gasteiger partial charge in [0.15, 0.2) is 0 Å². The molecule has 122 valence electrons. The number of nitrogens with one attached hydrogen (secondary N) is 2. The predicted molar refractivity (Wildman–Crippen MR) is 81.4 cm³/mol. The van der Waals surface area contributed by atoms with Crippen LogP contribution in [0.5, 0.6) is 0 Å². The molecule has 2 rings (SSSR count). The zero-order chi connectivity index (χ0) is 16.1. The SMILES string of the molecule is CC(NC(=O)CN(C)C1CCNCC1)c1cc(F)cc(F)c1. The summed E-state index contributed by atoms with van der Waals surface area (Å²) in [4.78, 5) is 14.1. The van der Waals surface area contributed by atoms with Crippen LogP contribution < -0.4 is 10.6 Å². The van der Waals surface area contributed by atoms with Crippen molar-refractivity contribution in [2.75, 3.05) is 26.7 Å². The highest BCUT2D eigenvalue weighted by molar-refractivity contribution is 5.78. The van der Waals surface area contributed by atoms with Crippen molar-refractivity contribution in [1.29, 1.82) is 0 Å².